The topological polar surface area (TPSA) is 67.9 Å². The predicted octanol–water partition coefficient (Wildman–Crippen LogP) is 4.01. The third-order valence-electron chi connectivity index (χ3n) is 5.02. The third-order valence-corrected chi connectivity index (χ3v) is 5.02. The fourth-order valence-corrected chi connectivity index (χ4v) is 3.35. The summed E-state index contributed by atoms with van der Waals surface area (Å²) in [5.74, 6) is 0.527. The zero-order valence-corrected chi connectivity index (χ0v) is 16.9. The minimum absolute atomic E-state index is 0.0776. The fraction of sp³-hybridized carbons (Fsp3) is 0.167. The lowest BCUT2D eigenvalue weighted by Gasteiger charge is -2.20. The molecule has 4 rings (SSSR count). The molecule has 158 valence electrons. The van der Waals surface area contributed by atoms with Crippen molar-refractivity contribution in [1.29, 1.82) is 0 Å². The summed E-state index contributed by atoms with van der Waals surface area (Å²) < 4.78 is 23.9. The molecule has 0 fully saturated rings. The molecule has 0 atom stereocenters. The monoisotopic (exact) mass is 420 g/mol. The van der Waals surface area contributed by atoms with E-state index >= 15 is 0 Å². The standard InChI is InChI=1S/C24H21FN2O4/c1-30-21-9-4-17(5-10-21)24(29)26-20-8-11-22-18(12-20)14-27(23(28)15-31-22)13-16-2-6-19(25)7-3-16/h2-12H,13-15H2,1H3,(H,26,29). The maximum Gasteiger partial charge on any atom is 0.261 e. The van der Waals surface area contributed by atoms with Gasteiger partial charge in [0.05, 0.1) is 7.11 Å². The molecule has 3 aromatic rings. The lowest BCUT2D eigenvalue weighted by molar-refractivity contribution is -0.133. The van der Waals surface area contributed by atoms with E-state index < -0.39 is 0 Å². The van der Waals surface area contributed by atoms with Crippen molar-refractivity contribution in [1.82, 2.24) is 4.90 Å². The van der Waals surface area contributed by atoms with Gasteiger partial charge in [0.1, 0.15) is 17.3 Å². The maximum absolute atomic E-state index is 13.2. The molecular formula is C24H21FN2O4. The first-order valence-corrected chi connectivity index (χ1v) is 9.75. The van der Waals surface area contributed by atoms with E-state index in [1.807, 2.05) is 0 Å². The number of amides is 2. The van der Waals surface area contributed by atoms with Gasteiger partial charge in [0.15, 0.2) is 6.61 Å². The number of nitrogens with zero attached hydrogens (tertiary/aromatic N) is 1. The molecule has 0 spiro atoms. The molecule has 1 aliphatic heterocycles. The Labute approximate surface area is 179 Å². The molecule has 0 saturated carbocycles. The molecule has 0 aromatic heterocycles. The number of methoxy groups -OCH3 is 1. The molecule has 3 aromatic carbocycles. The molecular weight excluding hydrogens is 399 g/mol. The quantitative estimate of drug-likeness (QED) is 0.677. The van der Waals surface area contributed by atoms with Crippen LogP contribution < -0.4 is 14.8 Å². The second-order valence-electron chi connectivity index (χ2n) is 7.17. The maximum atomic E-state index is 13.2. The first-order valence-electron chi connectivity index (χ1n) is 9.75. The van der Waals surface area contributed by atoms with Crippen LogP contribution in [0, 0.1) is 5.82 Å². The lowest BCUT2D eigenvalue weighted by Crippen LogP contribution is -2.31. The van der Waals surface area contributed by atoms with Crippen molar-refractivity contribution in [2.45, 2.75) is 13.1 Å². The van der Waals surface area contributed by atoms with Crippen LogP contribution >= 0.6 is 0 Å². The van der Waals surface area contributed by atoms with Gasteiger partial charge in [-0.1, -0.05) is 12.1 Å². The van der Waals surface area contributed by atoms with Crippen molar-refractivity contribution in [3.8, 4) is 11.5 Å². The number of nitrogens with one attached hydrogen (secondary N) is 1. The van der Waals surface area contributed by atoms with Gasteiger partial charge in [0.2, 0.25) is 0 Å². The molecule has 6 nitrogen and oxygen atoms in total. The van der Waals surface area contributed by atoms with Crippen LogP contribution in [0.25, 0.3) is 0 Å². The molecule has 1 heterocycles. The number of halogens is 1. The van der Waals surface area contributed by atoms with Crippen LogP contribution in [0.4, 0.5) is 10.1 Å². The highest BCUT2D eigenvalue weighted by Gasteiger charge is 2.22. The van der Waals surface area contributed by atoms with Gasteiger partial charge in [-0.15, -0.1) is 0 Å². The van der Waals surface area contributed by atoms with Crippen LogP contribution in [-0.2, 0) is 17.9 Å². The van der Waals surface area contributed by atoms with Gasteiger partial charge in [-0.25, -0.2) is 4.39 Å². The van der Waals surface area contributed by atoms with E-state index in [-0.39, 0.29) is 24.2 Å². The van der Waals surface area contributed by atoms with Crippen LogP contribution in [0.15, 0.2) is 66.7 Å². The number of hydrogen-bond acceptors (Lipinski definition) is 4. The van der Waals surface area contributed by atoms with Crippen molar-refractivity contribution >= 4 is 17.5 Å². The Bertz CT molecular complexity index is 1100. The predicted molar refractivity (Wildman–Crippen MR) is 114 cm³/mol. The zero-order chi connectivity index (χ0) is 21.8. The molecule has 0 radical (unpaired) electrons. The van der Waals surface area contributed by atoms with Gasteiger partial charge < -0.3 is 19.7 Å². The van der Waals surface area contributed by atoms with E-state index in [0.29, 0.717) is 35.8 Å². The molecule has 2 amide bonds. The van der Waals surface area contributed by atoms with Crippen LogP contribution in [0.2, 0.25) is 0 Å². The minimum Gasteiger partial charge on any atom is -0.497 e. The van der Waals surface area contributed by atoms with Crippen LogP contribution in [0.3, 0.4) is 0 Å². The summed E-state index contributed by atoms with van der Waals surface area (Å²) in [6.45, 7) is 0.577. The summed E-state index contributed by atoms with van der Waals surface area (Å²) >= 11 is 0. The number of anilines is 1. The van der Waals surface area contributed by atoms with E-state index in [1.165, 1.54) is 12.1 Å². The minimum atomic E-state index is -0.322. The highest BCUT2D eigenvalue weighted by molar-refractivity contribution is 6.04. The van der Waals surface area contributed by atoms with E-state index in [4.69, 9.17) is 9.47 Å². The highest BCUT2D eigenvalue weighted by atomic mass is 19.1. The van der Waals surface area contributed by atoms with Crippen LogP contribution in [-0.4, -0.2) is 30.4 Å². The van der Waals surface area contributed by atoms with E-state index in [1.54, 1.807) is 66.6 Å². The normalized spacial score (nSPS) is 13.1. The van der Waals surface area contributed by atoms with Gasteiger partial charge in [-0.05, 0) is 60.2 Å². The lowest BCUT2D eigenvalue weighted by atomic mass is 10.1. The Morgan fingerprint density at radius 2 is 1.84 bits per heavy atom. The van der Waals surface area contributed by atoms with Gasteiger partial charge in [-0.2, -0.15) is 0 Å². The van der Waals surface area contributed by atoms with Crippen molar-refractivity contribution in [3.63, 3.8) is 0 Å². The SMILES string of the molecule is COc1ccc(C(=O)Nc2ccc3c(c2)CN(Cc2ccc(F)cc2)C(=O)CO3)cc1. The van der Waals surface area contributed by atoms with Crippen molar-refractivity contribution in [2.75, 3.05) is 19.0 Å². The van der Waals surface area contributed by atoms with Crippen molar-refractivity contribution in [2.24, 2.45) is 0 Å². The summed E-state index contributed by atoms with van der Waals surface area (Å²) in [5.41, 5.74) is 2.70. The highest BCUT2D eigenvalue weighted by Crippen LogP contribution is 2.28. The zero-order valence-electron chi connectivity index (χ0n) is 16.9. The number of carbonyl (C=O) groups is 2. The molecule has 1 N–H and O–H groups in total. The van der Waals surface area contributed by atoms with E-state index in [2.05, 4.69) is 5.32 Å². The van der Waals surface area contributed by atoms with Gasteiger partial charge in [0.25, 0.3) is 11.8 Å². The summed E-state index contributed by atoms with van der Waals surface area (Å²) in [6, 6.07) is 18.1. The average Bonchev–Trinajstić information content (AvgIpc) is 2.94. The number of benzene rings is 3. The van der Waals surface area contributed by atoms with Crippen LogP contribution in [0.5, 0.6) is 11.5 Å². The molecule has 0 bridgehead atoms. The smallest absolute Gasteiger partial charge is 0.261 e. The van der Waals surface area contributed by atoms with Crippen LogP contribution in [0.1, 0.15) is 21.5 Å². The third kappa shape index (κ3) is 4.83. The number of hydrogen-bond donors (Lipinski definition) is 1. The Morgan fingerprint density at radius 3 is 2.55 bits per heavy atom. The first kappa shape index (κ1) is 20.4. The second kappa shape index (κ2) is 8.87. The number of ether oxygens (including phenoxy) is 2. The second-order valence-corrected chi connectivity index (χ2v) is 7.17. The number of rotatable bonds is 5. The van der Waals surface area contributed by atoms with E-state index in [9.17, 15) is 14.0 Å². The molecule has 0 unspecified atom stereocenters. The van der Waals surface area contributed by atoms with E-state index in [0.717, 1.165) is 11.1 Å². The number of carbonyl (C=O) groups excluding carboxylic acids is 2. The largest absolute Gasteiger partial charge is 0.497 e. The molecule has 1 aliphatic rings. The van der Waals surface area contributed by atoms with Gasteiger partial charge >= 0.3 is 0 Å². The Kier molecular flexibility index (Phi) is 5.84. The first-order chi connectivity index (χ1) is 15.0. The Hall–Kier alpha value is -3.87. The molecule has 31 heavy (non-hydrogen) atoms. The summed E-state index contributed by atoms with van der Waals surface area (Å²) in [4.78, 5) is 26.7. The summed E-state index contributed by atoms with van der Waals surface area (Å²) in [5, 5.41) is 2.87. The fourth-order valence-electron chi connectivity index (χ4n) is 3.35. The number of fused-ring (bicyclic) bond motifs is 1. The molecule has 7 heteroatoms. The van der Waals surface area contributed by atoms with Gasteiger partial charge in [-0.3, -0.25) is 9.59 Å². The Balaban J connectivity index is 1.50. The Morgan fingerprint density at radius 1 is 1.10 bits per heavy atom. The molecule has 0 aliphatic carbocycles. The summed E-state index contributed by atoms with van der Waals surface area (Å²) in [7, 11) is 1.57. The van der Waals surface area contributed by atoms with Crippen molar-refractivity contribution < 1.29 is 23.5 Å². The molecule has 0 saturated heterocycles. The summed E-state index contributed by atoms with van der Waals surface area (Å²) in [6.07, 6.45) is 0. The van der Waals surface area contributed by atoms with Gasteiger partial charge in [0, 0.05) is 29.9 Å². The van der Waals surface area contributed by atoms with Crippen molar-refractivity contribution in [3.05, 3.63) is 89.2 Å². The average molecular weight is 420 g/mol.